The highest BCUT2D eigenvalue weighted by Crippen LogP contribution is 2.33. The summed E-state index contributed by atoms with van der Waals surface area (Å²) in [5, 5.41) is 3.67. The minimum absolute atomic E-state index is 0.156. The summed E-state index contributed by atoms with van der Waals surface area (Å²) in [6.07, 6.45) is 6.21. The summed E-state index contributed by atoms with van der Waals surface area (Å²) in [5.41, 5.74) is -0.395. The lowest BCUT2D eigenvalue weighted by Crippen LogP contribution is -2.44. The van der Waals surface area contributed by atoms with Crippen LogP contribution in [-0.2, 0) is 4.74 Å². The molecule has 1 heterocycles. The molecule has 1 N–H and O–H groups in total. The molecular weight excluding hydrogens is 264 g/mol. The number of ether oxygens (including phenoxy) is 1. The molecular formula is C17H32N2O2. The summed E-state index contributed by atoms with van der Waals surface area (Å²) in [6.45, 7) is 10.8. The molecule has 4 nitrogen and oxygen atoms in total. The Morgan fingerprint density at radius 2 is 1.81 bits per heavy atom. The van der Waals surface area contributed by atoms with Gasteiger partial charge in [0.15, 0.2) is 0 Å². The van der Waals surface area contributed by atoms with E-state index < -0.39 is 5.60 Å². The molecule has 4 heteroatoms. The fraction of sp³-hybridized carbons (Fsp3) is 0.941. The Labute approximate surface area is 129 Å². The van der Waals surface area contributed by atoms with Crippen LogP contribution in [0.1, 0.15) is 59.8 Å². The number of nitrogens with one attached hydrogen (secondary N) is 1. The first kappa shape index (κ1) is 16.6. The molecule has 21 heavy (non-hydrogen) atoms. The number of carbonyl (C=O) groups excluding carboxylic acids is 1. The second-order valence-electron chi connectivity index (χ2n) is 7.90. The van der Waals surface area contributed by atoms with E-state index in [0.717, 1.165) is 38.4 Å². The van der Waals surface area contributed by atoms with Crippen LogP contribution in [0, 0.1) is 11.8 Å². The molecule has 1 saturated heterocycles. The van der Waals surface area contributed by atoms with Crippen LogP contribution in [0.15, 0.2) is 0 Å². The van der Waals surface area contributed by atoms with Crippen LogP contribution in [0.2, 0.25) is 0 Å². The Morgan fingerprint density at radius 3 is 2.33 bits per heavy atom. The summed E-state index contributed by atoms with van der Waals surface area (Å²) < 4.78 is 5.43. The van der Waals surface area contributed by atoms with Crippen LogP contribution in [0.5, 0.6) is 0 Å². The van der Waals surface area contributed by atoms with Gasteiger partial charge in [-0.2, -0.15) is 0 Å². The van der Waals surface area contributed by atoms with Gasteiger partial charge in [0.1, 0.15) is 5.60 Å². The SMILES string of the molecule is CC(CC1CC1)NCC1CCN(C(=O)OC(C)(C)C)CC1. The quantitative estimate of drug-likeness (QED) is 0.845. The predicted molar refractivity (Wildman–Crippen MR) is 85.3 cm³/mol. The maximum absolute atomic E-state index is 12.0. The topological polar surface area (TPSA) is 41.6 Å². The first-order valence-electron chi connectivity index (χ1n) is 8.55. The van der Waals surface area contributed by atoms with Gasteiger partial charge in [0.05, 0.1) is 0 Å². The largest absolute Gasteiger partial charge is 0.444 e. The summed E-state index contributed by atoms with van der Waals surface area (Å²) in [7, 11) is 0. The Kier molecular flexibility index (Phi) is 5.53. The zero-order valence-electron chi connectivity index (χ0n) is 14.2. The Bertz CT molecular complexity index is 339. The maximum atomic E-state index is 12.0. The van der Waals surface area contributed by atoms with Crippen molar-refractivity contribution in [3.05, 3.63) is 0 Å². The lowest BCUT2D eigenvalue weighted by Gasteiger charge is -2.34. The number of piperidine rings is 1. The molecule has 1 saturated carbocycles. The summed E-state index contributed by atoms with van der Waals surface area (Å²) in [4.78, 5) is 13.9. The molecule has 0 spiro atoms. The number of hydrogen-bond donors (Lipinski definition) is 1. The van der Waals surface area contributed by atoms with Crippen molar-refractivity contribution in [3.63, 3.8) is 0 Å². The molecule has 1 atom stereocenters. The van der Waals surface area contributed by atoms with E-state index in [2.05, 4.69) is 12.2 Å². The molecule has 122 valence electrons. The van der Waals surface area contributed by atoms with E-state index in [4.69, 9.17) is 4.74 Å². The molecule has 2 aliphatic rings. The van der Waals surface area contributed by atoms with Gasteiger partial charge in [-0.05, 0) is 65.3 Å². The second kappa shape index (κ2) is 6.99. The molecule has 1 unspecified atom stereocenters. The molecule has 0 aromatic rings. The van der Waals surface area contributed by atoms with Crippen molar-refractivity contribution in [1.82, 2.24) is 10.2 Å². The lowest BCUT2D eigenvalue weighted by atomic mass is 9.96. The third-order valence-corrected chi connectivity index (χ3v) is 4.41. The number of carbonyl (C=O) groups is 1. The predicted octanol–water partition coefficient (Wildman–Crippen LogP) is 3.41. The zero-order valence-corrected chi connectivity index (χ0v) is 14.2. The van der Waals surface area contributed by atoms with Gasteiger partial charge >= 0.3 is 6.09 Å². The molecule has 0 bridgehead atoms. The number of nitrogens with zero attached hydrogens (tertiary/aromatic N) is 1. The normalized spacial score (nSPS) is 22.2. The fourth-order valence-electron chi connectivity index (χ4n) is 2.95. The summed E-state index contributed by atoms with van der Waals surface area (Å²) >= 11 is 0. The van der Waals surface area contributed by atoms with Crippen LogP contribution >= 0.6 is 0 Å². The highest BCUT2D eigenvalue weighted by atomic mass is 16.6. The van der Waals surface area contributed by atoms with Crippen molar-refractivity contribution in [1.29, 1.82) is 0 Å². The van der Waals surface area contributed by atoms with Gasteiger partial charge < -0.3 is 15.0 Å². The third-order valence-electron chi connectivity index (χ3n) is 4.41. The molecule has 2 fully saturated rings. The van der Waals surface area contributed by atoms with Crippen molar-refractivity contribution >= 4 is 6.09 Å². The first-order chi connectivity index (χ1) is 9.83. The molecule has 0 aromatic heterocycles. The van der Waals surface area contributed by atoms with Crippen LogP contribution in [0.25, 0.3) is 0 Å². The Balaban J connectivity index is 1.62. The van der Waals surface area contributed by atoms with E-state index in [-0.39, 0.29) is 6.09 Å². The van der Waals surface area contributed by atoms with Gasteiger partial charge in [0.2, 0.25) is 0 Å². The van der Waals surface area contributed by atoms with Gasteiger partial charge in [-0.3, -0.25) is 0 Å². The minimum Gasteiger partial charge on any atom is -0.444 e. The Morgan fingerprint density at radius 1 is 1.19 bits per heavy atom. The summed E-state index contributed by atoms with van der Waals surface area (Å²) in [5.74, 6) is 1.69. The van der Waals surface area contributed by atoms with Crippen molar-refractivity contribution in [3.8, 4) is 0 Å². The molecule has 1 amide bonds. The lowest BCUT2D eigenvalue weighted by molar-refractivity contribution is 0.0183. The number of rotatable bonds is 5. The molecule has 1 aliphatic carbocycles. The van der Waals surface area contributed by atoms with Gasteiger partial charge in [0.25, 0.3) is 0 Å². The van der Waals surface area contributed by atoms with E-state index in [1.54, 1.807) is 0 Å². The monoisotopic (exact) mass is 296 g/mol. The van der Waals surface area contributed by atoms with Crippen LogP contribution in [0.3, 0.4) is 0 Å². The zero-order chi connectivity index (χ0) is 15.5. The summed E-state index contributed by atoms with van der Waals surface area (Å²) in [6, 6.07) is 0.640. The van der Waals surface area contributed by atoms with Gasteiger partial charge in [-0.1, -0.05) is 12.8 Å². The number of amides is 1. The fourth-order valence-corrected chi connectivity index (χ4v) is 2.95. The second-order valence-corrected chi connectivity index (χ2v) is 7.90. The van der Waals surface area contributed by atoms with Crippen LogP contribution in [-0.4, -0.2) is 42.3 Å². The van der Waals surface area contributed by atoms with E-state index in [1.807, 2.05) is 25.7 Å². The van der Waals surface area contributed by atoms with Crippen molar-refractivity contribution in [2.75, 3.05) is 19.6 Å². The highest BCUT2D eigenvalue weighted by Gasteiger charge is 2.27. The molecule has 0 aromatic carbocycles. The highest BCUT2D eigenvalue weighted by molar-refractivity contribution is 5.68. The molecule has 0 radical (unpaired) electrons. The maximum Gasteiger partial charge on any atom is 0.410 e. The molecule has 1 aliphatic heterocycles. The number of hydrogen-bond acceptors (Lipinski definition) is 3. The van der Waals surface area contributed by atoms with Crippen molar-refractivity contribution in [2.45, 2.75) is 71.4 Å². The van der Waals surface area contributed by atoms with Gasteiger partial charge in [-0.25, -0.2) is 4.79 Å². The average molecular weight is 296 g/mol. The van der Waals surface area contributed by atoms with E-state index in [0.29, 0.717) is 12.0 Å². The standard InChI is InChI=1S/C17H32N2O2/c1-13(11-14-5-6-14)18-12-15-7-9-19(10-8-15)16(20)21-17(2,3)4/h13-15,18H,5-12H2,1-4H3. The first-order valence-corrected chi connectivity index (χ1v) is 8.55. The van der Waals surface area contributed by atoms with Crippen LogP contribution < -0.4 is 5.32 Å². The van der Waals surface area contributed by atoms with E-state index >= 15 is 0 Å². The van der Waals surface area contributed by atoms with Crippen molar-refractivity contribution in [2.24, 2.45) is 11.8 Å². The van der Waals surface area contributed by atoms with E-state index in [1.165, 1.54) is 19.3 Å². The van der Waals surface area contributed by atoms with E-state index in [9.17, 15) is 4.79 Å². The minimum atomic E-state index is -0.395. The number of likely N-dealkylation sites (tertiary alicyclic amines) is 1. The van der Waals surface area contributed by atoms with Gasteiger partial charge in [-0.15, -0.1) is 0 Å². The Hall–Kier alpha value is -0.770. The van der Waals surface area contributed by atoms with Crippen molar-refractivity contribution < 1.29 is 9.53 Å². The van der Waals surface area contributed by atoms with Crippen LogP contribution in [0.4, 0.5) is 4.79 Å². The third kappa shape index (κ3) is 6.25. The molecule has 2 rings (SSSR count). The average Bonchev–Trinajstić information content (AvgIpc) is 3.19. The smallest absolute Gasteiger partial charge is 0.410 e. The van der Waals surface area contributed by atoms with Gasteiger partial charge in [0, 0.05) is 19.1 Å².